The molecule has 22 heavy (non-hydrogen) atoms. The van der Waals surface area contributed by atoms with E-state index in [2.05, 4.69) is 5.32 Å². The highest BCUT2D eigenvalue weighted by atomic mass is 32.2. The zero-order chi connectivity index (χ0) is 16.1. The minimum Gasteiger partial charge on any atom is -0.350 e. The van der Waals surface area contributed by atoms with E-state index in [0.717, 1.165) is 5.56 Å². The van der Waals surface area contributed by atoms with Crippen molar-refractivity contribution in [3.63, 3.8) is 0 Å². The normalized spacial score (nSPS) is 11.5. The number of rotatable bonds is 5. The van der Waals surface area contributed by atoms with Crippen molar-refractivity contribution in [2.45, 2.75) is 5.75 Å². The molecule has 0 saturated heterocycles. The van der Waals surface area contributed by atoms with Gasteiger partial charge in [0.15, 0.2) is 0 Å². The van der Waals surface area contributed by atoms with E-state index >= 15 is 0 Å². The highest BCUT2D eigenvalue weighted by molar-refractivity contribution is 7.83. The first-order valence-corrected chi connectivity index (χ1v) is 8.07. The largest absolute Gasteiger partial charge is 0.350 e. The van der Waals surface area contributed by atoms with Crippen LogP contribution in [-0.4, -0.2) is 15.4 Å². The summed E-state index contributed by atoms with van der Waals surface area (Å²) in [4.78, 5) is 10.6. The average molecular weight is 315 g/mol. The van der Waals surface area contributed by atoms with Crippen LogP contribution in [0.3, 0.4) is 0 Å². The molecule has 2 aromatic carbocycles. The maximum Gasteiger partial charge on any atom is 0.293 e. The maximum absolute atomic E-state index is 11.3. The molecule has 1 atom stereocenters. The van der Waals surface area contributed by atoms with Crippen molar-refractivity contribution in [1.82, 2.24) is 0 Å². The Hall–Kier alpha value is -2.72. The predicted octanol–water partition coefficient (Wildman–Crippen LogP) is 3.09. The fraction of sp³-hybridized carbons (Fsp3) is 0.133. The predicted molar refractivity (Wildman–Crippen MR) is 85.3 cm³/mol. The number of nitro benzene ring substituents is 1. The van der Waals surface area contributed by atoms with Crippen molar-refractivity contribution in [3.8, 4) is 6.07 Å². The second kappa shape index (κ2) is 6.83. The summed E-state index contributed by atoms with van der Waals surface area (Å²) in [5, 5.41) is 22.9. The van der Waals surface area contributed by atoms with Crippen molar-refractivity contribution in [3.05, 3.63) is 63.7 Å². The lowest BCUT2D eigenvalue weighted by Gasteiger charge is -2.09. The summed E-state index contributed by atoms with van der Waals surface area (Å²) in [6, 6.07) is 13.3. The van der Waals surface area contributed by atoms with Gasteiger partial charge in [0, 0.05) is 34.6 Å². The van der Waals surface area contributed by atoms with Crippen LogP contribution in [0.15, 0.2) is 42.5 Å². The van der Waals surface area contributed by atoms with Gasteiger partial charge in [0.25, 0.3) is 5.69 Å². The lowest BCUT2D eigenvalue weighted by molar-refractivity contribution is -0.383. The first-order valence-electron chi connectivity index (χ1n) is 6.34. The van der Waals surface area contributed by atoms with Gasteiger partial charge in [0.1, 0.15) is 5.69 Å². The van der Waals surface area contributed by atoms with Crippen LogP contribution in [0.5, 0.6) is 0 Å². The van der Waals surface area contributed by atoms with Gasteiger partial charge in [-0.2, -0.15) is 5.26 Å². The number of nitrogens with zero attached hydrogens (tertiary/aromatic N) is 2. The molecule has 2 rings (SSSR count). The van der Waals surface area contributed by atoms with Crippen LogP contribution < -0.4 is 5.32 Å². The standard InChI is InChI=1S/C15H13N3O3S/c1-22(21)10-12-3-2-4-13(7-12)17-14-6-5-11(9-16)8-15(14)18(19)20/h2-8,17H,10H2,1H3. The molecule has 0 saturated carbocycles. The van der Waals surface area contributed by atoms with Gasteiger partial charge < -0.3 is 5.32 Å². The van der Waals surface area contributed by atoms with Gasteiger partial charge in [-0.1, -0.05) is 12.1 Å². The van der Waals surface area contributed by atoms with E-state index in [-0.39, 0.29) is 11.3 Å². The highest BCUT2D eigenvalue weighted by Gasteiger charge is 2.15. The van der Waals surface area contributed by atoms with Crippen molar-refractivity contribution in [1.29, 1.82) is 5.26 Å². The molecule has 7 heteroatoms. The number of hydrogen-bond donors (Lipinski definition) is 1. The Bertz CT molecular complexity index is 784. The molecule has 1 N–H and O–H groups in total. The molecule has 0 aliphatic heterocycles. The van der Waals surface area contributed by atoms with Gasteiger partial charge in [0.2, 0.25) is 0 Å². The lowest BCUT2D eigenvalue weighted by atomic mass is 10.1. The molecule has 0 aliphatic rings. The topological polar surface area (TPSA) is 96.0 Å². The summed E-state index contributed by atoms with van der Waals surface area (Å²) >= 11 is 0. The fourth-order valence-electron chi connectivity index (χ4n) is 1.99. The molecule has 0 spiro atoms. The van der Waals surface area contributed by atoms with Gasteiger partial charge in [-0.3, -0.25) is 14.3 Å². The van der Waals surface area contributed by atoms with Crippen molar-refractivity contribution < 1.29 is 9.13 Å². The molecule has 6 nitrogen and oxygen atoms in total. The highest BCUT2D eigenvalue weighted by Crippen LogP contribution is 2.28. The van der Waals surface area contributed by atoms with Crippen LogP contribution in [0, 0.1) is 21.4 Å². The monoisotopic (exact) mass is 315 g/mol. The summed E-state index contributed by atoms with van der Waals surface area (Å²) in [5.41, 5.74) is 1.91. The molecule has 0 aromatic heterocycles. The van der Waals surface area contributed by atoms with Crippen LogP contribution in [-0.2, 0) is 16.6 Å². The lowest BCUT2D eigenvalue weighted by Crippen LogP contribution is -1.99. The molecular weight excluding hydrogens is 302 g/mol. The summed E-state index contributed by atoms with van der Waals surface area (Å²) < 4.78 is 11.3. The molecule has 0 amide bonds. The number of hydrogen-bond acceptors (Lipinski definition) is 5. The van der Waals surface area contributed by atoms with E-state index in [0.29, 0.717) is 17.1 Å². The smallest absolute Gasteiger partial charge is 0.293 e. The van der Waals surface area contributed by atoms with Crippen molar-refractivity contribution >= 4 is 27.9 Å². The van der Waals surface area contributed by atoms with Crippen LogP contribution in [0.25, 0.3) is 0 Å². The van der Waals surface area contributed by atoms with Crippen LogP contribution in [0.4, 0.5) is 17.1 Å². The van der Waals surface area contributed by atoms with E-state index in [1.165, 1.54) is 18.2 Å². The Morgan fingerprint density at radius 1 is 1.32 bits per heavy atom. The molecule has 112 valence electrons. The molecule has 0 heterocycles. The van der Waals surface area contributed by atoms with E-state index in [1.54, 1.807) is 24.5 Å². The molecular formula is C15H13N3O3S. The van der Waals surface area contributed by atoms with E-state index < -0.39 is 15.7 Å². The fourth-order valence-corrected chi connectivity index (χ4v) is 2.64. The third-order valence-corrected chi connectivity index (χ3v) is 3.64. The number of nitriles is 1. The Morgan fingerprint density at radius 3 is 2.73 bits per heavy atom. The quantitative estimate of drug-likeness (QED) is 0.675. The van der Waals surface area contributed by atoms with Gasteiger partial charge in [-0.15, -0.1) is 0 Å². The molecule has 0 radical (unpaired) electrons. The molecule has 0 aliphatic carbocycles. The third kappa shape index (κ3) is 3.90. The zero-order valence-corrected chi connectivity index (χ0v) is 12.6. The minimum atomic E-state index is -0.959. The van der Waals surface area contributed by atoms with Crippen LogP contribution in [0.1, 0.15) is 11.1 Å². The number of nitro groups is 1. The molecule has 0 bridgehead atoms. The van der Waals surface area contributed by atoms with E-state index in [9.17, 15) is 14.3 Å². The van der Waals surface area contributed by atoms with Crippen molar-refractivity contribution in [2.75, 3.05) is 11.6 Å². The summed E-state index contributed by atoms with van der Waals surface area (Å²) in [6.45, 7) is 0. The first-order chi connectivity index (χ1) is 10.5. The second-order valence-corrected chi connectivity index (χ2v) is 6.08. The van der Waals surface area contributed by atoms with Gasteiger partial charge in [0.05, 0.1) is 16.6 Å². The van der Waals surface area contributed by atoms with Crippen LogP contribution in [0.2, 0.25) is 0 Å². The van der Waals surface area contributed by atoms with Crippen LogP contribution >= 0.6 is 0 Å². The second-order valence-electron chi connectivity index (χ2n) is 4.64. The summed E-state index contributed by atoms with van der Waals surface area (Å²) in [7, 11) is -0.959. The Kier molecular flexibility index (Phi) is 4.86. The summed E-state index contributed by atoms with van der Waals surface area (Å²) in [6.07, 6.45) is 1.62. The molecule has 1 unspecified atom stereocenters. The molecule has 0 fully saturated rings. The number of anilines is 2. The average Bonchev–Trinajstić information content (AvgIpc) is 2.47. The summed E-state index contributed by atoms with van der Waals surface area (Å²) in [5.74, 6) is 0.422. The Labute approximate surface area is 130 Å². The Balaban J connectivity index is 2.33. The van der Waals surface area contributed by atoms with E-state index in [4.69, 9.17) is 5.26 Å². The molecule has 2 aromatic rings. The SMILES string of the molecule is CS(=O)Cc1cccc(Nc2ccc(C#N)cc2[N+](=O)[O-])c1. The first kappa shape index (κ1) is 15.7. The van der Waals surface area contributed by atoms with Gasteiger partial charge in [-0.25, -0.2) is 0 Å². The Morgan fingerprint density at radius 2 is 2.09 bits per heavy atom. The van der Waals surface area contributed by atoms with Gasteiger partial charge >= 0.3 is 0 Å². The van der Waals surface area contributed by atoms with Crippen molar-refractivity contribution in [2.24, 2.45) is 0 Å². The van der Waals surface area contributed by atoms with Gasteiger partial charge in [-0.05, 0) is 29.8 Å². The number of benzene rings is 2. The number of nitrogens with one attached hydrogen (secondary N) is 1. The maximum atomic E-state index is 11.3. The third-order valence-electron chi connectivity index (χ3n) is 2.90. The zero-order valence-electron chi connectivity index (χ0n) is 11.8. The van der Waals surface area contributed by atoms with E-state index in [1.807, 2.05) is 12.1 Å². The minimum absolute atomic E-state index is 0.163.